The van der Waals surface area contributed by atoms with E-state index in [4.69, 9.17) is 11.6 Å². The molecule has 0 fully saturated rings. The van der Waals surface area contributed by atoms with E-state index >= 15 is 0 Å². The van der Waals surface area contributed by atoms with Crippen LogP contribution in [0.3, 0.4) is 0 Å². The third-order valence-corrected chi connectivity index (χ3v) is 5.85. The number of imidazole rings is 1. The molecule has 2 aromatic heterocycles. The van der Waals surface area contributed by atoms with Gasteiger partial charge in [0.05, 0.1) is 32.6 Å². The second-order valence-electron chi connectivity index (χ2n) is 6.70. The summed E-state index contributed by atoms with van der Waals surface area (Å²) in [5.41, 5.74) is 6.52. The second kappa shape index (κ2) is 7.74. The number of hydrogen-bond donors (Lipinski definition) is 2. The van der Waals surface area contributed by atoms with Gasteiger partial charge in [-0.2, -0.15) is 0 Å². The van der Waals surface area contributed by atoms with Crippen LogP contribution in [0.5, 0.6) is 0 Å². The molecule has 1 amide bonds. The predicted molar refractivity (Wildman–Crippen MR) is 122 cm³/mol. The summed E-state index contributed by atoms with van der Waals surface area (Å²) < 4.78 is 0.975. The number of H-pyrrole nitrogens is 1. The van der Waals surface area contributed by atoms with Crippen molar-refractivity contribution in [3.05, 3.63) is 89.0 Å². The van der Waals surface area contributed by atoms with Crippen molar-refractivity contribution in [3.63, 3.8) is 0 Å². The van der Waals surface area contributed by atoms with Crippen molar-refractivity contribution in [3.8, 4) is 22.6 Å². The van der Waals surface area contributed by atoms with E-state index in [1.165, 1.54) is 11.3 Å². The molecule has 0 bridgehead atoms. The van der Waals surface area contributed by atoms with Gasteiger partial charge in [-0.25, -0.2) is 9.97 Å². The molecule has 7 heteroatoms. The Kier molecular flexibility index (Phi) is 4.78. The smallest absolute Gasteiger partial charge is 0.255 e. The number of aromatic amines is 1. The maximum atomic E-state index is 12.7. The van der Waals surface area contributed by atoms with E-state index in [0.717, 1.165) is 27.0 Å². The summed E-state index contributed by atoms with van der Waals surface area (Å²) in [4.78, 5) is 24.7. The molecule has 3 aromatic carbocycles. The Hall–Kier alpha value is -3.48. The van der Waals surface area contributed by atoms with Gasteiger partial charge in [-0.1, -0.05) is 41.9 Å². The van der Waals surface area contributed by atoms with Gasteiger partial charge in [0, 0.05) is 16.8 Å². The average Bonchev–Trinajstić information content (AvgIpc) is 3.45. The van der Waals surface area contributed by atoms with Crippen molar-refractivity contribution in [1.82, 2.24) is 15.0 Å². The van der Waals surface area contributed by atoms with Gasteiger partial charge in [-0.15, -0.1) is 11.3 Å². The van der Waals surface area contributed by atoms with Crippen LogP contribution in [0.25, 0.3) is 32.9 Å². The van der Waals surface area contributed by atoms with Crippen LogP contribution in [-0.2, 0) is 0 Å². The first-order valence-electron chi connectivity index (χ1n) is 9.22. The zero-order valence-electron chi connectivity index (χ0n) is 15.6. The topological polar surface area (TPSA) is 70.7 Å². The highest BCUT2D eigenvalue weighted by Gasteiger charge is 2.13. The van der Waals surface area contributed by atoms with Gasteiger partial charge in [0.25, 0.3) is 5.91 Å². The van der Waals surface area contributed by atoms with Crippen LogP contribution in [0, 0.1) is 0 Å². The van der Waals surface area contributed by atoms with Crippen molar-refractivity contribution in [2.75, 3.05) is 5.32 Å². The van der Waals surface area contributed by atoms with Gasteiger partial charge in [0.1, 0.15) is 5.82 Å². The Morgan fingerprint density at radius 1 is 1.00 bits per heavy atom. The number of hydrogen-bond acceptors (Lipinski definition) is 4. The molecule has 0 aliphatic heterocycles. The molecule has 0 saturated carbocycles. The van der Waals surface area contributed by atoms with Crippen LogP contribution >= 0.6 is 22.9 Å². The summed E-state index contributed by atoms with van der Waals surface area (Å²) >= 11 is 7.92. The van der Waals surface area contributed by atoms with Crippen molar-refractivity contribution >= 4 is 44.7 Å². The first kappa shape index (κ1) is 18.5. The minimum atomic E-state index is -0.192. The van der Waals surface area contributed by atoms with E-state index in [2.05, 4.69) is 20.3 Å². The SMILES string of the molecule is O=C(Nc1ccc(Cl)c(-c2ncc(-c3ccccc3)[nH]2)c1)c1ccc2ncsc2c1. The molecule has 5 nitrogen and oxygen atoms in total. The van der Waals surface area contributed by atoms with E-state index in [1.54, 1.807) is 29.9 Å². The Morgan fingerprint density at radius 3 is 2.73 bits per heavy atom. The number of fused-ring (bicyclic) bond motifs is 1. The molecule has 2 N–H and O–H groups in total. The average molecular weight is 431 g/mol. The van der Waals surface area contributed by atoms with Gasteiger partial charge in [0.15, 0.2) is 0 Å². The lowest BCUT2D eigenvalue weighted by atomic mass is 10.1. The van der Waals surface area contributed by atoms with Gasteiger partial charge in [-0.3, -0.25) is 4.79 Å². The Morgan fingerprint density at radius 2 is 1.87 bits per heavy atom. The third kappa shape index (κ3) is 3.58. The van der Waals surface area contributed by atoms with Gasteiger partial charge < -0.3 is 10.3 Å². The second-order valence-corrected chi connectivity index (χ2v) is 7.99. The number of amides is 1. The molecule has 146 valence electrons. The Labute approximate surface area is 181 Å². The van der Waals surface area contributed by atoms with Crippen molar-refractivity contribution < 1.29 is 4.79 Å². The number of carbonyl (C=O) groups excluding carboxylic acids is 1. The van der Waals surface area contributed by atoms with Crippen molar-refractivity contribution in [2.24, 2.45) is 0 Å². The first-order valence-corrected chi connectivity index (χ1v) is 10.5. The quantitative estimate of drug-likeness (QED) is 0.353. The van der Waals surface area contributed by atoms with E-state index in [9.17, 15) is 4.79 Å². The first-order chi connectivity index (χ1) is 14.7. The predicted octanol–water partition coefficient (Wildman–Crippen LogP) is 6.26. The summed E-state index contributed by atoms with van der Waals surface area (Å²) in [6.07, 6.45) is 1.77. The van der Waals surface area contributed by atoms with Crippen LogP contribution < -0.4 is 5.32 Å². The molecule has 0 spiro atoms. The molecular formula is C23H15ClN4OS. The summed E-state index contributed by atoms with van der Waals surface area (Å²) in [6.45, 7) is 0. The number of rotatable bonds is 4. The van der Waals surface area contributed by atoms with Crippen LogP contribution in [-0.4, -0.2) is 20.9 Å². The Bertz CT molecular complexity index is 1360. The molecule has 5 aromatic rings. The van der Waals surface area contributed by atoms with E-state index in [1.807, 2.05) is 48.5 Å². The summed E-state index contributed by atoms with van der Waals surface area (Å²) in [5, 5.41) is 3.49. The number of benzene rings is 3. The molecule has 5 rings (SSSR count). The van der Waals surface area contributed by atoms with E-state index in [0.29, 0.717) is 22.1 Å². The standard InChI is InChI=1S/C23H15ClN4OS/c24-18-8-7-16(27-23(29)15-6-9-19-21(10-15)30-13-26-19)11-17(18)22-25-12-20(28-22)14-4-2-1-3-5-14/h1-13H,(H,25,28)(H,27,29). The lowest BCUT2D eigenvalue weighted by Gasteiger charge is -2.08. The Balaban J connectivity index is 1.42. The molecule has 0 atom stereocenters. The lowest BCUT2D eigenvalue weighted by Crippen LogP contribution is -2.11. The fourth-order valence-corrected chi connectivity index (χ4v) is 4.13. The maximum absolute atomic E-state index is 12.7. The highest BCUT2D eigenvalue weighted by molar-refractivity contribution is 7.16. The largest absolute Gasteiger partial charge is 0.338 e. The molecule has 2 heterocycles. The van der Waals surface area contributed by atoms with Gasteiger partial charge >= 0.3 is 0 Å². The number of thiazole rings is 1. The lowest BCUT2D eigenvalue weighted by molar-refractivity contribution is 0.102. The van der Waals surface area contributed by atoms with Crippen LogP contribution in [0.4, 0.5) is 5.69 Å². The van der Waals surface area contributed by atoms with Crippen LogP contribution in [0.2, 0.25) is 5.02 Å². The highest BCUT2D eigenvalue weighted by atomic mass is 35.5. The minimum absolute atomic E-state index is 0.192. The van der Waals surface area contributed by atoms with Crippen molar-refractivity contribution in [1.29, 1.82) is 0 Å². The van der Waals surface area contributed by atoms with Crippen molar-refractivity contribution in [2.45, 2.75) is 0 Å². The fourth-order valence-electron chi connectivity index (χ4n) is 3.21. The van der Waals surface area contributed by atoms with E-state index < -0.39 is 0 Å². The molecule has 0 unspecified atom stereocenters. The molecule has 30 heavy (non-hydrogen) atoms. The molecule has 0 aliphatic carbocycles. The number of nitrogens with one attached hydrogen (secondary N) is 2. The summed E-state index contributed by atoms with van der Waals surface area (Å²) in [6, 6.07) is 20.7. The maximum Gasteiger partial charge on any atom is 0.255 e. The highest BCUT2D eigenvalue weighted by Crippen LogP contribution is 2.30. The zero-order valence-corrected chi connectivity index (χ0v) is 17.2. The number of halogens is 1. The van der Waals surface area contributed by atoms with Crippen LogP contribution in [0.15, 0.2) is 78.4 Å². The van der Waals surface area contributed by atoms with Gasteiger partial charge in [0.2, 0.25) is 0 Å². The number of nitrogens with zero attached hydrogens (tertiary/aromatic N) is 2. The third-order valence-electron chi connectivity index (χ3n) is 4.73. The molecule has 0 saturated heterocycles. The minimum Gasteiger partial charge on any atom is -0.338 e. The number of aromatic nitrogens is 3. The fraction of sp³-hybridized carbons (Fsp3) is 0. The number of carbonyl (C=O) groups is 1. The molecule has 0 radical (unpaired) electrons. The van der Waals surface area contributed by atoms with Gasteiger partial charge in [-0.05, 0) is 42.0 Å². The number of anilines is 1. The molecule has 0 aliphatic rings. The monoisotopic (exact) mass is 430 g/mol. The summed E-state index contributed by atoms with van der Waals surface area (Å²) in [5.74, 6) is 0.448. The van der Waals surface area contributed by atoms with E-state index in [-0.39, 0.29) is 5.91 Å². The van der Waals surface area contributed by atoms with Crippen LogP contribution in [0.1, 0.15) is 10.4 Å². The zero-order chi connectivity index (χ0) is 20.5. The summed E-state index contributed by atoms with van der Waals surface area (Å²) in [7, 11) is 0. The normalized spacial score (nSPS) is 11.0. The molecular weight excluding hydrogens is 416 g/mol.